The van der Waals surface area contributed by atoms with E-state index in [2.05, 4.69) is 0 Å². The van der Waals surface area contributed by atoms with Crippen molar-refractivity contribution in [3.05, 3.63) is 41.5 Å². The molecule has 0 aliphatic carbocycles. The second kappa shape index (κ2) is 15.8. The molecule has 4 rings (SSSR count). The molecule has 0 unspecified atom stereocenters. The van der Waals surface area contributed by atoms with Crippen LogP contribution in [0.1, 0.15) is 29.3 Å². The molecule has 0 amide bonds. The molecule has 9 N–H and O–H groups in total. The molecule has 2 aromatic carbocycles. The van der Waals surface area contributed by atoms with Crippen LogP contribution < -0.4 is 9.47 Å². The predicted octanol–water partition coefficient (Wildman–Crippen LogP) is -1.99. The van der Waals surface area contributed by atoms with Crippen molar-refractivity contribution in [2.45, 2.75) is 81.2 Å². The van der Waals surface area contributed by atoms with Crippen LogP contribution in [0.15, 0.2) is 30.3 Å². The molecule has 0 bridgehead atoms. The van der Waals surface area contributed by atoms with Gasteiger partial charge in [-0.25, -0.2) is 0 Å². The molecule has 2 aliphatic rings. The molecule has 2 aromatic rings. The molecule has 15 nitrogen and oxygen atoms in total. The number of aromatic hydroxyl groups is 3. The second-order valence-corrected chi connectivity index (χ2v) is 10.4. The predicted molar refractivity (Wildman–Crippen MR) is 150 cm³/mol. The number of phenols is 3. The van der Waals surface area contributed by atoms with Gasteiger partial charge in [-0.3, -0.25) is 4.79 Å². The van der Waals surface area contributed by atoms with Crippen molar-refractivity contribution in [2.24, 2.45) is 0 Å². The van der Waals surface area contributed by atoms with Gasteiger partial charge in [-0.05, 0) is 31.0 Å². The van der Waals surface area contributed by atoms with Gasteiger partial charge >= 0.3 is 51.4 Å². The van der Waals surface area contributed by atoms with Crippen molar-refractivity contribution in [2.75, 3.05) is 13.7 Å². The Morgan fingerprint density at radius 2 is 1.50 bits per heavy atom. The number of carbonyl (C=O) groups is 1. The minimum atomic E-state index is -1.83. The van der Waals surface area contributed by atoms with Crippen molar-refractivity contribution in [1.82, 2.24) is 0 Å². The Morgan fingerprint density at radius 1 is 0.864 bits per heavy atom. The molecule has 16 heteroatoms. The van der Waals surface area contributed by atoms with Crippen molar-refractivity contribution >= 4 is 57.2 Å². The first-order valence-corrected chi connectivity index (χ1v) is 13.5. The van der Waals surface area contributed by atoms with E-state index in [1.165, 1.54) is 26.2 Å². The first kappa shape index (κ1) is 36.9. The Kier molecular flexibility index (Phi) is 13.2. The number of phenolic OH excluding ortho intramolecular Hbond substituents is 3. The monoisotopic (exact) mass is 652 g/mol. The standard InChI is InChI=1S/C28H36O15.K.H/c1-11-21(34)23(36)26(28(40-11)43-25-24(37)22(35)19(10-29)42-27(25)38)41-13-8-16(32)20(17(33)9-13)14(30)5-3-12-4-6-18(39-2)15(31)7-12;;/h4,6-9,11,19,21-29,31-38H,3,5,10H2,1-2H3;;/t11-,19+,21-,22+,23+,24-,25+,26+,27+,28-;;/m0../s1. The maximum absolute atomic E-state index is 12.9. The number of methoxy groups -OCH3 is 1. The number of hydrogen-bond donors (Lipinski definition) is 9. The van der Waals surface area contributed by atoms with E-state index in [-0.39, 0.29) is 81.5 Å². The number of aryl methyl sites for hydroxylation is 1. The maximum atomic E-state index is 12.9. The zero-order valence-corrected chi connectivity index (χ0v) is 23.3. The van der Waals surface area contributed by atoms with Crippen LogP contribution in [0.4, 0.5) is 0 Å². The molecule has 2 saturated heterocycles. The summed E-state index contributed by atoms with van der Waals surface area (Å²) in [5.41, 5.74) is 0.207. The number of ether oxygens (including phenoxy) is 5. The fourth-order valence-corrected chi connectivity index (χ4v) is 4.98. The van der Waals surface area contributed by atoms with E-state index in [0.717, 1.165) is 12.1 Å². The van der Waals surface area contributed by atoms with Crippen LogP contribution in [-0.2, 0) is 20.6 Å². The van der Waals surface area contributed by atoms with Crippen LogP contribution in [0.2, 0.25) is 0 Å². The number of rotatable bonds is 10. The number of benzene rings is 2. The van der Waals surface area contributed by atoms with Gasteiger partial charge in [-0.15, -0.1) is 0 Å². The number of carbonyl (C=O) groups excluding carboxylic acids is 1. The molecule has 2 heterocycles. The molecule has 0 aromatic heterocycles. The first-order chi connectivity index (χ1) is 20.4. The first-order valence-electron chi connectivity index (χ1n) is 13.5. The molecule has 0 radical (unpaired) electrons. The van der Waals surface area contributed by atoms with E-state index in [4.69, 9.17) is 23.7 Å². The second-order valence-electron chi connectivity index (χ2n) is 10.4. The van der Waals surface area contributed by atoms with Gasteiger partial charge in [-0.1, -0.05) is 6.07 Å². The fourth-order valence-electron chi connectivity index (χ4n) is 4.98. The van der Waals surface area contributed by atoms with Gasteiger partial charge in [0.1, 0.15) is 59.4 Å². The summed E-state index contributed by atoms with van der Waals surface area (Å²) in [6.45, 7) is 0.707. The summed E-state index contributed by atoms with van der Waals surface area (Å²) in [7, 11) is 1.40. The summed E-state index contributed by atoms with van der Waals surface area (Å²) in [6, 6.07) is 6.59. The number of Topliss-reactive ketones (excluding diaryl/α,β-unsaturated/α-hetero) is 1. The fraction of sp³-hybridized carbons (Fsp3) is 0.536. The average molecular weight is 653 g/mol. The van der Waals surface area contributed by atoms with Crippen LogP contribution in [-0.4, -0.2) is 178 Å². The van der Waals surface area contributed by atoms with Gasteiger partial charge in [0.15, 0.2) is 36.0 Å². The molecular formula is C28H37KO15. The Hall–Kier alpha value is -1.61. The number of ketones is 1. The summed E-state index contributed by atoms with van der Waals surface area (Å²) in [4.78, 5) is 12.9. The van der Waals surface area contributed by atoms with Crippen LogP contribution >= 0.6 is 0 Å². The quantitative estimate of drug-likeness (QED) is 0.0996. The normalized spacial score (nSPS) is 32.0. The Bertz CT molecular complexity index is 1250. The number of aliphatic hydroxyl groups excluding tert-OH is 6. The Labute approximate surface area is 294 Å². The van der Waals surface area contributed by atoms with E-state index >= 15 is 0 Å². The van der Waals surface area contributed by atoms with Gasteiger partial charge in [0.2, 0.25) is 0 Å². The van der Waals surface area contributed by atoms with E-state index in [9.17, 15) is 50.8 Å². The third kappa shape index (κ3) is 8.02. The zero-order chi connectivity index (χ0) is 31.6. The summed E-state index contributed by atoms with van der Waals surface area (Å²) in [5.74, 6) is -2.04. The van der Waals surface area contributed by atoms with E-state index in [1.807, 2.05) is 0 Å². The van der Waals surface area contributed by atoms with Crippen molar-refractivity contribution in [3.63, 3.8) is 0 Å². The van der Waals surface area contributed by atoms with E-state index in [1.54, 1.807) is 6.07 Å². The third-order valence-corrected chi connectivity index (χ3v) is 7.42. The van der Waals surface area contributed by atoms with E-state index in [0.29, 0.717) is 5.56 Å². The van der Waals surface area contributed by atoms with Crippen molar-refractivity contribution < 1.29 is 74.4 Å². The Morgan fingerprint density at radius 3 is 2.09 bits per heavy atom. The van der Waals surface area contributed by atoms with Gasteiger partial charge in [-0.2, -0.15) is 0 Å². The summed E-state index contributed by atoms with van der Waals surface area (Å²) in [5, 5.41) is 92.5. The van der Waals surface area contributed by atoms with Gasteiger partial charge < -0.3 is 69.6 Å². The Balaban J connectivity index is 0.00000529. The van der Waals surface area contributed by atoms with Crippen molar-refractivity contribution in [1.29, 1.82) is 0 Å². The SMILES string of the molecule is COc1ccc(CCC(=O)c2c(O)cc(O[C@H]3[C@H](O[C@@H]4[C@@H](O)[C@H](O)[C@@H](CO)O[C@H]4O)O[C@@H](C)[C@H](O)[C@H]3O)cc2O)cc1O.[KH]. The van der Waals surface area contributed by atoms with Crippen molar-refractivity contribution in [3.8, 4) is 28.7 Å². The van der Waals surface area contributed by atoms with E-state index < -0.39 is 90.9 Å². The van der Waals surface area contributed by atoms with Gasteiger partial charge in [0.25, 0.3) is 0 Å². The molecule has 240 valence electrons. The minimum absolute atomic E-state index is 0. The molecule has 2 aliphatic heterocycles. The van der Waals surface area contributed by atoms with Gasteiger partial charge in [0, 0.05) is 18.6 Å². The molecule has 0 saturated carbocycles. The molecule has 0 spiro atoms. The van der Waals surface area contributed by atoms with Crippen LogP contribution in [0.3, 0.4) is 0 Å². The van der Waals surface area contributed by atoms with Crippen LogP contribution in [0, 0.1) is 0 Å². The van der Waals surface area contributed by atoms with Crippen LogP contribution in [0.5, 0.6) is 28.7 Å². The number of hydrogen-bond acceptors (Lipinski definition) is 15. The third-order valence-electron chi connectivity index (χ3n) is 7.42. The zero-order valence-electron chi connectivity index (χ0n) is 23.3. The molecule has 10 atom stereocenters. The summed E-state index contributed by atoms with van der Waals surface area (Å²) in [6.07, 6.45) is -15.5. The molecule has 2 fully saturated rings. The van der Waals surface area contributed by atoms with Gasteiger partial charge in [0.05, 0.1) is 19.8 Å². The molecular weight excluding hydrogens is 615 g/mol. The topological polar surface area (TPSA) is 245 Å². The summed E-state index contributed by atoms with van der Waals surface area (Å²) < 4.78 is 27.0. The van der Waals surface area contributed by atoms with Crippen LogP contribution in [0.25, 0.3) is 0 Å². The molecule has 44 heavy (non-hydrogen) atoms. The average Bonchev–Trinajstić information content (AvgIpc) is 2.96. The summed E-state index contributed by atoms with van der Waals surface area (Å²) >= 11 is 0. The number of aliphatic hydroxyl groups is 6.